The van der Waals surface area contributed by atoms with E-state index in [4.69, 9.17) is 6.42 Å². The third kappa shape index (κ3) is 2.04. The molecule has 1 aliphatic heterocycles. The molecule has 0 N–H and O–H groups in total. The molecule has 1 unspecified atom stereocenters. The Balaban J connectivity index is 2.30. The first-order valence-electron chi connectivity index (χ1n) is 5.09. The van der Waals surface area contributed by atoms with Crippen LogP contribution in [0.5, 0.6) is 0 Å². The van der Waals surface area contributed by atoms with E-state index in [2.05, 4.69) is 10.7 Å². The standard InChI is InChI=1S/C12H11NO3S/c1-3-8-6-10(14)13(7-8)9-4-5-17-11(9)12(15)16-2/h1,4-5,8H,6-7H2,2H3. The lowest BCUT2D eigenvalue weighted by Gasteiger charge is -2.15. The second-order valence-corrected chi connectivity index (χ2v) is 4.61. The second-order valence-electron chi connectivity index (χ2n) is 3.70. The highest BCUT2D eigenvalue weighted by Crippen LogP contribution is 2.31. The minimum Gasteiger partial charge on any atom is -0.465 e. The molecule has 0 aliphatic carbocycles. The highest BCUT2D eigenvalue weighted by molar-refractivity contribution is 7.12. The van der Waals surface area contributed by atoms with Gasteiger partial charge in [-0.15, -0.1) is 23.7 Å². The first kappa shape index (κ1) is 11.7. The lowest BCUT2D eigenvalue weighted by atomic mass is 10.1. The predicted octanol–water partition coefficient (Wildman–Crippen LogP) is 1.52. The second kappa shape index (κ2) is 4.60. The molecule has 2 heterocycles. The van der Waals surface area contributed by atoms with Crippen molar-refractivity contribution in [2.45, 2.75) is 6.42 Å². The topological polar surface area (TPSA) is 46.6 Å². The van der Waals surface area contributed by atoms with Gasteiger partial charge in [-0.25, -0.2) is 4.79 Å². The number of ether oxygens (including phenoxy) is 1. The molecule has 2 rings (SSSR count). The van der Waals surface area contributed by atoms with Crippen LogP contribution in [0.4, 0.5) is 5.69 Å². The number of methoxy groups -OCH3 is 1. The minimum atomic E-state index is -0.424. The Morgan fingerprint density at radius 1 is 1.71 bits per heavy atom. The number of thiophene rings is 1. The summed E-state index contributed by atoms with van der Waals surface area (Å²) in [4.78, 5) is 25.3. The molecule has 0 radical (unpaired) electrons. The summed E-state index contributed by atoms with van der Waals surface area (Å²) >= 11 is 1.26. The van der Waals surface area contributed by atoms with Crippen LogP contribution in [0.2, 0.25) is 0 Å². The molecule has 5 heteroatoms. The van der Waals surface area contributed by atoms with Crippen LogP contribution in [0.3, 0.4) is 0 Å². The number of anilines is 1. The van der Waals surface area contributed by atoms with E-state index in [0.717, 1.165) is 0 Å². The number of amides is 1. The Kier molecular flexibility index (Phi) is 3.16. The van der Waals surface area contributed by atoms with E-state index in [1.165, 1.54) is 18.4 Å². The number of terminal acetylenes is 1. The van der Waals surface area contributed by atoms with E-state index in [0.29, 0.717) is 23.5 Å². The number of esters is 1. The molecule has 1 atom stereocenters. The van der Waals surface area contributed by atoms with E-state index < -0.39 is 5.97 Å². The van der Waals surface area contributed by atoms with E-state index in [9.17, 15) is 9.59 Å². The largest absolute Gasteiger partial charge is 0.465 e. The van der Waals surface area contributed by atoms with Crippen molar-refractivity contribution in [2.24, 2.45) is 5.92 Å². The summed E-state index contributed by atoms with van der Waals surface area (Å²) in [5, 5.41) is 1.76. The van der Waals surface area contributed by atoms with Crippen LogP contribution in [0.15, 0.2) is 11.4 Å². The zero-order valence-electron chi connectivity index (χ0n) is 9.30. The van der Waals surface area contributed by atoms with Gasteiger partial charge in [0.1, 0.15) is 4.88 Å². The maximum atomic E-state index is 11.8. The van der Waals surface area contributed by atoms with Gasteiger partial charge in [0.15, 0.2) is 0 Å². The van der Waals surface area contributed by atoms with E-state index in [1.54, 1.807) is 16.3 Å². The van der Waals surface area contributed by atoms with Crippen molar-refractivity contribution in [3.8, 4) is 12.3 Å². The smallest absolute Gasteiger partial charge is 0.350 e. The maximum absolute atomic E-state index is 11.8. The van der Waals surface area contributed by atoms with Crippen LogP contribution in [-0.2, 0) is 9.53 Å². The Labute approximate surface area is 103 Å². The third-order valence-electron chi connectivity index (χ3n) is 2.67. The zero-order valence-corrected chi connectivity index (χ0v) is 10.1. The van der Waals surface area contributed by atoms with Crippen LogP contribution < -0.4 is 4.90 Å². The average molecular weight is 249 g/mol. The summed E-state index contributed by atoms with van der Waals surface area (Å²) in [6.07, 6.45) is 5.66. The van der Waals surface area contributed by atoms with E-state index >= 15 is 0 Å². The number of hydrogen-bond donors (Lipinski definition) is 0. The van der Waals surface area contributed by atoms with Gasteiger partial charge in [0, 0.05) is 18.9 Å². The van der Waals surface area contributed by atoms with Gasteiger partial charge < -0.3 is 9.64 Å². The number of carbonyl (C=O) groups is 2. The molecule has 88 valence electrons. The van der Waals surface area contributed by atoms with Crippen LogP contribution in [0, 0.1) is 18.3 Å². The van der Waals surface area contributed by atoms with Crippen molar-refractivity contribution in [2.75, 3.05) is 18.6 Å². The molecule has 0 aromatic carbocycles. The van der Waals surface area contributed by atoms with E-state index in [1.807, 2.05) is 0 Å². The Bertz CT molecular complexity index is 500. The highest BCUT2D eigenvalue weighted by atomic mass is 32.1. The summed E-state index contributed by atoms with van der Waals surface area (Å²) in [5.41, 5.74) is 0.601. The molecule has 1 saturated heterocycles. The van der Waals surface area contributed by atoms with Gasteiger partial charge in [0.05, 0.1) is 12.8 Å². The molecule has 0 saturated carbocycles. The fourth-order valence-electron chi connectivity index (χ4n) is 1.81. The number of carbonyl (C=O) groups excluding carboxylic acids is 2. The van der Waals surface area contributed by atoms with Crippen LogP contribution in [0.1, 0.15) is 16.1 Å². The number of hydrogen-bond acceptors (Lipinski definition) is 4. The van der Waals surface area contributed by atoms with Crippen molar-refractivity contribution >= 4 is 28.9 Å². The summed E-state index contributed by atoms with van der Waals surface area (Å²) in [7, 11) is 1.32. The molecule has 1 aromatic rings. The molecule has 1 aliphatic rings. The van der Waals surface area contributed by atoms with E-state index in [-0.39, 0.29) is 11.8 Å². The van der Waals surface area contributed by atoms with Crippen molar-refractivity contribution in [1.29, 1.82) is 0 Å². The number of nitrogens with zero attached hydrogens (tertiary/aromatic N) is 1. The van der Waals surface area contributed by atoms with Crippen molar-refractivity contribution in [3.05, 3.63) is 16.3 Å². The van der Waals surface area contributed by atoms with Crippen molar-refractivity contribution < 1.29 is 14.3 Å². The molecule has 17 heavy (non-hydrogen) atoms. The average Bonchev–Trinajstić information content (AvgIpc) is 2.93. The Morgan fingerprint density at radius 2 is 2.47 bits per heavy atom. The molecule has 1 fully saturated rings. The third-order valence-corrected chi connectivity index (χ3v) is 3.55. The summed E-state index contributed by atoms with van der Waals surface area (Å²) in [6, 6.07) is 1.74. The van der Waals surface area contributed by atoms with Gasteiger partial charge in [-0.1, -0.05) is 0 Å². The van der Waals surface area contributed by atoms with Crippen LogP contribution >= 0.6 is 11.3 Å². The molecule has 1 aromatic heterocycles. The predicted molar refractivity (Wildman–Crippen MR) is 65.0 cm³/mol. The fraction of sp³-hybridized carbons (Fsp3) is 0.333. The summed E-state index contributed by atoms with van der Waals surface area (Å²) < 4.78 is 4.68. The Hall–Kier alpha value is -1.80. The SMILES string of the molecule is C#CC1CC(=O)N(c2ccsc2C(=O)OC)C1. The highest BCUT2D eigenvalue weighted by Gasteiger charge is 2.32. The van der Waals surface area contributed by atoms with Gasteiger partial charge in [-0.3, -0.25) is 4.79 Å². The van der Waals surface area contributed by atoms with Crippen molar-refractivity contribution in [1.82, 2.24) is 0 Å². The van der Waals surface area contributed by atoms with Crippen LogP contribution in [-0.4, -0.2) is 25.5 Å². The van der Waals surface area contributed by atoms with Gasteiger partial charge in [0.2, 0.25) is 5.91 Å². The minimum absolute atomic E-state index is 0.0449. The summed E-state index contributed by atoms with van der Waals surface area (Å²) in [6.45, 7) is 0.468. The molecule has 4 nitrogen and oxygen atoms in total. The lowest BCUT2D eigenvalue weighted by Crippen LogP contribution is -2.25. The molecule has 0 bridgehead atoms. The Morgan fingerprint density at radius 3 is 3.06 bits per heavy atom. The maximum Gasteiger partial charge on any atom is 0.350 e. The number of rotatable bonds is 2. The monoisotopic (exact) mass is 249 g/mol. The first-order chi connectivity index (χ1) is 8.17. The van der Waals surface area contributed by atoms with Gasteiger partial charge >= 0.3 is 5.97 Å². The van der Waals surface area contributed by atoms with Gasteiger partial charge in [0.25, 0.3) is 0 Å². The van der Waals surface area contributed by atoms with Crippen LogP contribution in [0.25, 0.3) is 0 Å². The quantitative estimate of drug-likeness (QED) is 0.589. The summed E-state index contributed by atoms with van der Waals surface area (Å²) in [5.74, 6) is 2.03. The normalized spacial score (nSPS) is 19.2. The molecule has 1 amide bonds. The fourth-order valence-corrected chi connectivity index (χ4v) is 2.62. The molecule has 0 spiro atoms. The zero-order chi connectivity index (χ0) is 12.4. The van der Waals surface area contributed by atoms with Crippen molar-refractivity contribution in [3.63, 3.8) is 0 Å². The molecular formula is C12H11NO3S. The lowest BCUT2D eigenvalue weighted by molar-refractivity contribution is -0.117. The van der Waals surface area contributed by atoms with Gasteiger partial charge in [-0.2, -0.15) is 0 Å². The molecular weight excluding hydrogens is 238 g/mol. The van der Waals surface area contributed by atoms with Gasteiger partial charge in [-0.05, 0) is 11.4 Å². The first-order valence-corrected chi connectivity index (χ1v) is 5.97.